The molecule has 2 heterocycles. The molecule has 2 bridgehead atoms. The van der Waals surface area contributed by atoms with Gasteiger partial charge in [0.25, 0.3) is 0 Å². The molecule has 3 atom stereocenters. The van der Waals surface area contributed by atoms with E-state index in [0.29, 0.717) is 6.04 Å². The third-order valence-electron chi connectivity index (χ3n) is 3.81. The van der Waals surface area contributed by atoms with Crippen LogP contribution in [0.1, 0.15) is 25.7 Å². The van der Waals surface area contributed by atoms with E-state index < -0.39 is 0 Å². The highest BCUT2D eigenvalue weighted by Gasteiger charge is 2.40. The summed E-state index contributed by atoms with van der Waals surface area (Å²) in [4.78, 5) is 2.70. The van der Waals surface area contributed by atoms with Gasteiger partial charge in [-0.25, -0.2) is 0 Å². The maximum atomic E-state index is 5.23. The molecule has 0 aromatic heterocycles. The lowest BCUT2D eigenvalue weighted by molar-refractivity contribution is 0.123. The van der Waals surface area contributed by atoms with Crippen LogP contribution in [0.3, 0.4) is 0 Å². The first kappa shape index (κ1) is 7.86. The van der Waals surface area contributed by atoms with Gasteiger partial charge in [0.2, 0.25) is 0 Å². The minimum atomic E-state index is 0.684. The normalized spacial score (nSPS) is 43.8. The van der Waals surface area contributed by atoms with Gasteiger partial charge in [-0.1, -0.05) is 0 Å². The number of rotatable bonds is 1. The Morgan fingerprint density at radius 1 is 1.23 bits per heavy atom. The Morgan fingerprint density at radius 2 is 2.23 bits per heavy atom. The highest BCUT2D eigenvalue weighted by Crippen LogP contribution is 2.39. The number of nitrogens with zero attached hydrogens (tertiary/aromatic N) is 1. The monoisotopic (exact) mass is 179 g/mol. The van der Waals surface area contributed by atoms with Gasteiger partial charge in [-0.3, -0.25) is 4.90 Å². The third-order valence-corrected chi connectivity index (χ3v) is 3.81. The van der Waals surface area contributed by atoms with Crippen LogP contribution in [0, 0.1) is 5.92 Å². The van der Waals surface area contributed by atoms with Crippen molar-refractivity contribution in [2.75, 3.05) is 13.2 Å². The van der Waals surface area contributed by atoms with E-state index in [1.54, 1.807) is 0 Å². The van der Waals surface area contributed by atoms with E-state index in [0.717, 1.165) is 18.6 Å². The first-order chi connectivity index (χ1) is 6.43. The number of hydrogen-bond donors (Lipinski definition) is 0. The van der Waals surface area contributed by atoms with Gasteiger partial charge in [-0.15, -0.1) is 0 Å². The van der Waals surface area contributed by atoms with Crippen LogP contribution in [0.5, 0.6) is 0 Å². The molecule has 1 saturated heterocycles. The van der Waals surface area contributed by atoms with Gasteiger partial charge in [-0.2, -0.15) is 0 Å². The average Bonchev–Trinajstić information content (AvgIpc) is 2.80. The summed E-state index contributed by atoms with van der Waals surface area (Å²) in [5.74, 6) is 1.02. The molecular weight excluding hydrogens is 162 g/mol. The highest BCUT2D eigenvalue weighted by molar-refractivity contribution is 5.02. The maximum Gasteiger partial charge on any atom is 0.0891 e. The van der Waals surface area contributed by atoms with Crippen molar-refractivity contribution in [3.63, 3.8) is 0 Å². The second kappa shape index (κ2) is 3.02. The van der Waals surface area contributed by atoms with Gasteiger partial charge in [0.15, 0.2) is 0 Å². The summed E-state index contributed by atoms with van der Waals surface area (Å²) in [5.41, 5.74) is 0. The minimum Gasteiger partial charge on any atom is -0.501 e. The van der Waals surface area contributed by atoms with E-state index in [9.17, 15) is 0 Å². The van der Waals surface area contributed by atoms with Crippen molar-refractivity contribution in [2.45, 2.75) is 37.8 Å². The van der Waals surface area contributed by atoms with Gasteiger partial charge in [0.1, 0.15) is 0 Å². The zero-order valence-electron chi connectivity index (χ0n) is 7.98. The molecular formula is C11H17NO. The lowest BCUT2D eigenvalue weighted by atomic mass is 10.1. The third kappa shape index (κ3) is 1.28. The second-order valence-electron chi connectivity index (χ2n) is 4.59. The summed E-state index contributed by atoms with van der Waals surface area (Å²) in [6.07, 6.45) is 9.71. The zero-order valence-corrected chi connectivity index (χ0v) is 7.98. The Balaban J connectivity index is 1.71. The molecule has 3 unspecified atom stereocenters. The summed E-state index contributed by atoms with van der Waals surface area (Å²) in [5, 5.41) is 0. The summed E-state index contributed by atoms with van der Waals surface area (Å²) < 4.78 is 5.23. The van der Waals surface area contributed by atoms with Crippen LogP contribution in [-0.4, -0.2) is 30.1 Å². The van der Waals surface area contributed by atoms with Crippen molar-refractivity contribution >= 4 is 0 Å². The second-order valence-corrected chi connectivity index (χ2v) is 4.59. The van der Waals surface area contributed by atoms with E-state index in [2.05, 4.69) is 11.0 Å². The molecule has 13 heavy (non-hydrogen) atoms. The molecule has 2 nitrogen and oxygen atoms in total. The summed E-state index contributed by atoms with van der Waals surface area (Å²) in [7, 11) is 0. The molecule has 0 spiro atoms. The van der Waals surface area contributed by atoms with Crippen molar-refractivity contribution in [1.82, 2.24) is 4.90 Å². The lowest BCUT2D eigenvalue weighted by Crippen LogP contribution is -2.41. The lowest BCUT2D eigenvalue weighted by Gasteiger charge is -2.34. The Kier molecular flexibility index (Phi) is 1.82. The van der Waals surface area contributed by atoms with Crippen molar-refractivity contribution in [2.24, 2.45) is 5.92 Å². The standard InChI is InChI=1S/C11H17NO/c1-2-11-7-9(1)8-12(11)10-3-5-13-6-4-10/h3,5,9-11H,1-2,4,6-8H2. The van der Waals surface area contributed by atoms with Crippen molar-refractivity contribution in [1.29, 1.82) is 0 Å². The number of hydrogen-bond acceptors (Lipinski definition) is 2. The Bertz CT molecular complexity index is 226. The van der Waals surface area contributed by atoms with Crippen LogP contribution in [0.15, 0.2) is 12.3 Å². The molecule has 3 rings (SSSR count). The molecule has 72 valence electrons. The van der Waals surface area contributed by atoms with Crippen molar-refractivity contribution < 1.29 is 4.74 Å². The van der Waals surface area contributed by atoms with Crippen LogP contribution in [0.25, 0.3) is 0 Å². The molecule has 3 aliphatic rings. The fourth-order valence-electron chi connectivity index (χ4n) is 3.14. The molecule has 0 amide bonds. The van der Waals surface area contributed by atoms with Crippen LogP contribution >= 0.6 is 0 Å². The van der Waals surface area contributed by atoms with Crippen molar-refractivity contribution in [3.05, 3.63) is 12.3 Å². The highest BCUT2D eigenvalue weighted by atomic mass is 16.5. The fourth-order valence-corrected chi connectivity index (χ4v) is 3.14. The van der Waals surface area contributed by atoms with E-state index in [4.69, 9.17) is 4.74 Å². The largest absolute Gasteiger partial charge is 0.501 e. The predicted molar refractivity (Wildman–Crippen MR) is 51.3 cm³/mol. The average molecular weight is 179 g/mol. The van der Waals surface area contributed by atoms with E-state index in [1.807, 2.05) is 6.26 Å². The van der Waals surface area contributed by atoms with Crippen LogP contribution in [0.4, 0.5) is 0 Å². The Hall–Kier alpha value is -0.500. The van der Waals surface area contributed by atoms with Gasteiger partial charge in [0.05, 0.1) is 12.9 Å². The predicted octanol–water partition coefficient (Wildman–Crippen LogP) is 1.77. The molecule has 2 fully saturated rings. The zero-order chi connectivity index (χ0) is 8.67. The summed E-state index contributed by atoms with van der Waals surface area (Å²) in [6, 6.07) is 1.58. The van der Waals surface area contributed by atoms with Crippen LogP contribution in [0.2, 0.25) is 0 Å². The molecule has 0 aromatic carbocycles. The first-order valence-corrected chi connectivity index (χ1v) is 5.47. The fraction of sp³-hybridized carbons (Fsp3) is 0.818. The molecule has 0 aromatic rings. The molecule has 0 N–H and O–H groups in total. The molecule has 2 heteroatoms. The van der Waals surface area contributed by atoms with Gasteiger partial charge in [0, 0.05) is 25.0 Å². The van der Waals surface area contributed by atoms with Gasteiger partial charge >= 0.3 is 0 Å². The number of likely N-dealkylation sites (tertiary alicyclic amines) is 1. The number of fused-ring (bicyclic) bond motifs is 2. The maximum absolute atomic E-state index is 5.23. The van der Waals surface area contributed by atoms with E-state index in [-0.39, 0.29) is 0 Å². The Labute approximate surface area is 79.6 Å². The molecule has 1 aliphatic carbocycles. The van der Waals surface area contributed by atoms with Crippen LogP contribution in [-0.2, 0) is 4.74 Å². The smallest absolute Gasteiger partial charge is 0.0891 e. The van der Waals surface area contributed by atoms with Gasteiger partial charge < -0.3 is 4.74 Å². The summed E-state index contributed by atoms with van der Waals surface area (Å²) in [6.45, 7) is 2.26. The van der Waals surface area contributed by atoms with E-state index >= 15 is 0 Å². The first-order valence-electron chi connectivity index (χ1n) is 5.47. The van der Waals surface area contributed by atoms with Gasteiger partial charge in [-0.05, 0) is 31.3 Å². The minimum absolute atomic E-state index is 0.684. The van der Waals surface area contributed by atoms with Crippen LogP contribution < -0.4 is 0 Å². The number of piperidine rings is 1. The SMILES string of the molecule is C1=CC(N2CC3CCC2C3)CCO1. The molecule has 2 aliphatic heterocycles. The van der Waals surface area contributed by atoms with E-state index in [1.165, 1.54) is 32.2 Å². The topological polar surface area (TPSA) is 12.5 Å². The molecule has 1 saturated carbocycles. The number of ether oxygens (including phenoxy) is 1. The summed E-state index contributed by atoms with van der Waals surface area (Å²) >= 11 is 0. The molecule has 0 radical (unpaired) electrons. The Morgan fingerprint density at radius 3 is 2.85 bits per heavy atom. The van der Waals surface area contributed by atoms with Crippen molar-refractivity contribution in [3.8, 4) is 0 Å². The quantitative estimate of drug-likeness (QED) is 0.608.